The zero-order chi connectivity index (χ0) is 10.1. The number of hydrogen-bond donors (Lipinski definition) is 1. The van der Waals surface area contributed by atoms with Crippen molar-refractivity contribution in [2.24, 2.45) is 0 Å². The molecule has 0 spiro atoms. The molecule has 0 aliphatic carbocycles. The summed E-state index contributed by atoms with van der Waals surface area (Å²) in [5.41, 5.74) is 0.112. The molecule has 0 bridgehead atoms. The fraction of sp³-hybridized carbons (Fsp3) is 0.100. The van der Waals surface area contributed by atoms with E-state index in [2.05, 4.69) is 4.98 Å². The number of aromatic amines is 1. The smallest absolute Gasteiger partial charge is 0.290 e. The average molecular weight is 193 g/mol. The number of hydrogen-bond acceptors (Lipinski definition) is 2. The van der Waals surface area contributed by atoms with Crippen molar-refractivity contribution in [1.82, 2.24) is 4.98 Å². The van der Waals surface area contributed by atoms with Crippen LogP contribution in [0, 0.1) is 5.82 Å². The highest BCUT2D eigenvalue weighted by atomic mass is 19.1. The van der Waals surface area contributed by atoms with Crippen molar-refractivity contribution >= 4 is 10.9 Å². The van der Waals surface area contributed by atoms with Crippen LogP contribution in [-0.4, -0.2) is 12.1 Å². The van der Waals surface area contributed by atoms with Gasteiger partial charge in [-0.15, -0.1) is 0 Å². The third kappa shape index (κ3) is 1.25. The van der Waals surface area contributed by atoms with Crippen LogP contribution in [0.25, 0.3) is 10.9 Å². The molecule has 14 heavy (non-hydrogen) atoms. The van der Waals surface area contributed by atoms with E-state index in [0.29, 0.717) is 10.9 Å². The number of H-pyrrole nitrogens is 1. The number of nitrogens with one attached hydrogen (secondary N) is 1. The van der Waals surface area contributed by atoms with Crippen LogP contribution >= 0.6 is 0 Å². The molecule has 1 aromatic carbocycles. The lowest BCUT2D eigenvalue weighted by Gasteiger charge is -2.02. The molecule has 0 unspecified atom stereocenters. The van der Waals surface area contributed by atoms with E-state index in [1.807, 2.05) is 0 Å². The third-order valence-corrected chi connectivity index (χ3v) is 2.02. The molecular formula is C10H8FNO2. The predicted octanol–water partition coefficient (Wildman–Crippen LogP) is 1.68. The second kappa shape index (κ2) is 3.14. The van der Waals surface area contributed by atoms with E-state index in [4.69, 9.17) is 4.74 Å². The Hall–Kier alpha value is -1.84. The predicted molar refractivity (Wildman–Crippen MR) is 51.1 cm³/mol. The van der Waals surface area contributed by atoms with Crippen molar-refractivity contribution in [3.05, 3.63) is 40.4 Å². The quantitative estimate of drug-likeness (QED) is 0.748. The van der Waals surface area contributed by atoms with Gasteiger partial charge in [0.1, 0.15) is 5.82 Å². The molecule has 1 N–H and O–H groups in total. The van der Waals surface area contributed by atoms with Crippen molar-refractivity contribution < 1.29 is 9.13 Å². The standard InChI is InChI=1S/C10H8FNO2/c1-14-9-5-6-7(11)3-2-4-8(6)12-10(9)13/h2-5H,1H3,(H,12,13). The van der Waals surface area contributed by atoms with E-state index in [1.165, 1.54) is 19.2 Å². The maximum absolute atomic E-state index is 13.3. The Kier molecular flexibility index (Phi) is 1.96. The first-order valence-electron chi connectivity index (χ1n) is 4.08. The molecular weight excluding hydrogens is 185 g/mol. The van der Waals surface area contributed by atoms with Crippen LogP contribution in [0.1, 0.15) is 0 Å². The largest absolute Gasteiger partial charge is 0.491 e. The van der Waals surface area contributed by atoms with Gasteiger partial charge in [-0.2, -0.15) is 0 Å². The molecule has 4 heteroatoms. The summed E-state index contributed by atoms with van der Waals surface area (Å²) < 4.78 is 18.1. The fourth-order valence-corrected chi connectivity index (χ4v) is 1.32. The molecule has 0 fully saturated rings. The Morgan fingerprint density at radius 1 is 1.43 bits per heavy atom. The highest BCUT2D eigenvalue weighted by Gasteiger charge is 2.05. The molecule has 0 saturated heterocycles. The van der Waals surface area contributed by atoms with Gasteiger partial charge in [-0.1, -0.05) is 6.07 Å². The molecule has 1 heterocycles. The summed E-state index contributed by atoms with van der Waals surface area (Å²) in [7, 11) is 1.37. The molecule has 2 rings (SSSR count). The summed E-state index contributed by atoms with van der Waals surface area (Å²) in [6.07, 6.45) is 0. The number of rotatable bonds is 1. The van der Waals surface area contributed by atoms with Gasteiger partial charge < -0.3 is 9.72 Å². The number of aromatic nitrogens is 1. The van der Waals surface area contributed by atoms with E-state index >= 15 is 0 Å². The van der Waals surface area contributed by atoms with E-state index < -0.39 is 0 Å². The molecule has 0 amide bonds. The van der Waals surface area contributed by atoms with Crippen LogP contribution in [0.15, 0.2) is 29.1 Å². The number of fused-ring (bicyclic) bond motifs is 1. The van der Waals surface area contributed by atoms with Crippen molar-refractivity contribution in [1.29, 1.82) is 0 Å². The van der Waals surface area contributed by atoms with E-state index in [1.54, 1.807) is 12.1 Å². The number of benzene rings is 1. The molecule has 0 radical (unpaired) electrons. The molecule has 0 atom stereocenters. The topological polar surface area (TPSA) is 42.1 Å². The van der Waals surface area contributed by atoms with Gasteiger partial charge in [-0.25, -0.2) is 4.39 Å². The Bertz CT molecular complexity index is 533. The summed E-state index contributed by atoms with van der Waals surface area (Å²) in [5, 5.41) is 0.351. The Labute approximate surface area is 79.1 Å². The molecule has 0 aliphatic heterocycles. The monoisotopic (exact) mass is 193 g/mol. The van der Waals surface area contributed by atoms with Gasteiger partial charge in [0.05, 0.1) is 12.6 Å². The normalized spacial score (nSPS) is 10.4. The second-order valence-electron chi connectivity index (χ2n) is 2.87. The maximum Gasteiger partial charge on any atom is 0.290 e. The fourth-order valence-electron chi connectivity index (χ4n) is 1.32. The van der Waals surface area contributed by atoms with Crippen molar-refractivity contribution in [3.8, 4) is 5.75 Å². The van der Waals surface area contributed by atoms with Gasteiger partial charge in [-0.05, 0) is 18.2 Å². The third-order valence-electron chi connectivity index (χ3n) is 2.02. The van der Waals surface area contributed by atoms with E-state index in [-0.39, 0.29) is 17.1 Å². The average Bonchev–Trinajstić information content (AvgIpc) is 2.17. The van der Waals surface area contributed by atoms with E-state index in [9.17, 15) is 9.18 Å². The van der Waals surface area contributed by atoms with Crippen LogP contribution in [0.4, 0.5) is 4.39 Å². The van der Waals surface area contributed by atoms with Crippen LogP contribution in [-0.2, 0) is 0 Å². The van der Waals surface area contributed by atoms with Gasteiger partial charge in [0.15, 0.2) is 5.75 Å². The summed E-state index contributed by atoms with van der Waals surface area (Å²) in [4.78, 5) is 13.8. The molecule has 1 aromatic heterocycles. The zero-order valence-corrected chi connectivity index (χ0v) is 7.50. The zero-order valence-electron chi connectivity index (χ0n) is 7.50. The minimum Gasteiger partial charge on any atom is -0.491 e. The Balaban J connectivity index is 2.87. The maximum atomic E-state index is 13.3. The first-order valence-corrected chi connectivity index (χ1v) is 4.08. The Morgan fingerprint density at radius 2 is 2.21 bits per heavy atom. The number of halogens is 1. The number of pyridine rings is 1. The summed E-state index contributed by atoms with van der Waals surface area (Å²) in [6.45, 7) is 0. The van der Waals surface area contributed by atoms with E-state index in [0.717, 1.165) is 0 Å². The van der Waals surface area contributed by atoms with Crippen molar-refractivity contribution in [3.63, 3.8) is 0 Å². The molecule has 0 aliphatic rings. The first kappa shape index (κ1) is 8.74. The van der Waals surface area contributed by atoms with Gasteiger partial charge in [0.2, 0.25) is 0 Å². The molecule has 2 aromatic rings. The minimum absolute atomic E-state index is 0.114. The lowest BCUT2D eigenvalue weighted by Crippen LogP contribution is -2.08. The summed E-state index contributed by atoms with van der Waals surface area (Å²) in [6, 6.07) is 5.91. The lowest BCUT2D eigenvalue weighted by atomic mass is 10.2. The van der Waals surface area contributed by atoms with Crippen molar-refractivity contribution in [2.75, 3.05) is 7.11 Å². The molecule has 72 valence electrons. The highest BCUT2D eigenvalue weighted by Crippen LogP contribution is 2.17. The highest BCUT2D eigenvalue weighted by molar-refractivity contribution is 5.80. The summed E-state index contributed by atoms with van der Waals surface area (Å²) in [5.74, 6) is -0.264. The van der Waals surface area contributed by atoms with Crippen LogP contribution in [0.5, 0.6) is 5.75 Å². The van der Waals surface area contributed by atoms with Gasteiger partial charge in [-0.3, -0.25) is 4.79 Å². The van der Waals surface area contributed by atoms with Crippen molar-refractivity contribution in [2.45, 2.75) is 0 Å². The second-order valence-corrected chi connectivity index (χ2v) is 2.87. The molecule has 0 saturated carbocycles. The van der Waals surface area contributed by atoms with Gasteiger partial charge in [0, 0.05) is 5.39 Å². The molecule has 3 nitrogen and oxygen atoms in total. The van der Waals surface area contributed by atoms with Crippen LogP contribution in [0.2, 0.25) is 0 Å². The van der Waals surface area contributed by atoms with Crippen LogP contribution in [0.3, 0.4) is 0 Å². The lowest BCUT2D eigenvalue weighted by molar-refractivity contribution is 0.409. The summed E-state index contributed by atoms with van der Waals surface area (Å²) >= 11 is 0. The number of ether oxygens (including phenoxy) is 1. The Morgan fingerprint density at radius 3 is 2.93 bits per heavy atom. The van der Waals surface area contributed by atoms with Gasteiger partial charge >= 0.3 is 0 Å². The van der Waals surface area contributed by atoms with Crippen LogP contribution < -0.4 is 10.3 Å². The number of methoxy groups -OCH3 is 1. The van der Waals surface area contributed by atoms with Gasteiger partial charge in [0.25, 0.3) is 5.56 Å². The SMILES string of the molecule is COc1cc2c(F)cccc2[nH]c1=O. The first-order chi connectivity index (χ1) is 6.72. The minimum atomic E-state index is -0.378.